The zero-order valence-electron chi connectivity index (χ0n) is 63.2. The number of alkyl halides is 12. The molecule has 23 heteroatoms. The topological polar surface area (TPSA) is 125 Å². The fourth-order valence-electron chi connectivity index (χ4n) is 10.4. The third-order valence-corrected chi connectivity index (χ3v) is 17.8. The predicted octanol–water partition coefficient (Wildman–Crippen LogP) is 23.8. The Hall–Kier alpha value is -5.91. The van der Waals surface area contributed by atoms with E-state index in [4.69, 9.17) is 37.9 Å². The van der Waals surface area contributed by atoms with Crippen molar-refractivity contribution in [2.45, 2.75) is 304 Å². The van der Waals surface area contributed by atoms with Gasteiger partial charge in [-0.25, -0.2) is 9.59 Å². The van der Waals surface area contributed by atoms with Crippen LogP contribution in [0.25, 0.3) is 0 Å². The molecule has 0 heterocycles. The van der Waals surface area contributed by atoms with Gasteiger partial charge in [-0.2, -0.15) is 52.7 Å². The molecule has 5 rings (SSSR count). The summed E-state index contributed by atoms with van der Waals surface area (Å²) in [6.45, 7) is 35.2. The highest BCUT2D eigenvalue weighted by molar-refractivity contribution is 5.74. The van der Waals surface area contributed by atoms with Gasteiger partial charge in [0, 0.05) is 12.2 Å². The van der Waals surface area contributed by atoms with Crippen LogP contribution < -0.4 is 4.74 Å². The average Bonchev–Trinajstić information content (AvgIpc) is 0.798. The molecule has 9 unspecified atom stereocenters. The van der Waals surface area contributed by atoms with E-state index in [0.29, 0.717) is 24.9 Å². The molecule has 0 aromatic heterocycles. The van der Waals surface area contributed by atoms with Crippen LogP contribution in [0.4, 0.5) is 57.5 Å². The minimum absolute atomic E-state index is 0.0457. The maximum Gasteiger partial charge on any atom is 0.510 e. The summed E-state index contributed by atoms with van der Waals surface area (Å²) in [6, 6.07) is 24.0. The molecule has 0 radical (unpaired) electrons. The van der Waals surface area contributed by atoms with Gasteiger partial charge >= 0.3 is 42.8 Å². The SMILES string of the molecule is CCC(C)C(=O)Oc1ccc(C(C)(OC(C)OCCC2CCCCC2)C(F)(F)F)cc1.CCC(C)c1ccc(C(C)(OC(=O)OC(C)(C)C)C(F)(F)F)cc1.CCC(C)c1ccc(C(C)(OC(C)(C)C)C(F)(F)F)cc1.CCC(C)c1ccc(C(C)(OCC(=O)OC(C)(C)C)C(F)(F)F)cc1. The van der Waals surface area contributed by atoms with Crippen LogP contribution in [0.5, 0.6) is 5.75 Å². The van der Waals surface area contributed by atoms with Gasteiger partial charge in [0.05, 0.1) is 11.5 Å². The van der Waals surface area contributed by atoms with Gasteiger partial charge < -0.3 is 37.9 Å². The molecule has 1 saturated carbocycles. The first-order chi connectivity index (χ1) is 46.1. The highest BCUT2D eigenvalue weighted by Gasteiger charge is 2.59. The maximum atomic E-state index is 14.0. The van der Waals surface area contributed by atoms with Gasteiger partial charge in [-0.05, 0) is 198 Å². The van der Waals surface area contributed by atoms with Crippen LogP contribution in [0.15, 0.2) is 97.1 Å². The number of hydrogen-bond donors (Lipinski definition) is 0. The van der Waals surface area contributed by atoms with Crippen LogP contribution in [0.1, 0.15) is 273 Å². The predicted molar refractivity (Wildman–Crippen MR) is 368 cm³/mol. The second-order valence-corrected chi connectivity index (χ2v) is 29.7. The molecule has 0 spiro atoms. The van der Waals surface area contributed by atoms with Crippen LogP contribution in [-0.2, 0) is 65.2 Å². The fourth-order valence-corrected chi connectivity index (χ4v) is 10.4. The summed E-state index contributed by atoms with van der Waals surface area (Å²) < 4.78 is 205. The lowest BCUT2D eigenvalue weighted by molar-refractivity contribution is -0.321. The monoisotopic (exact) mass is 1450 g/mol. The van der Waals surface area contributed by atoms with E-state index in [1.807, 2.05) is 34.6 Å². The molecule has 9 atom stereocenters. The summed E-state index contributed by atoms with van der Waals surface area (Å²) in [5.74, 6) is 0.0897. The van der Waals surface area contributed by atoms with Gasteiger partial charge in [0.25, 0.3) is 0 Å². The number of hydrogen-bond acceptors (Lipinski definition) is 11. The number of ether oxygens (including phenoxy) is 8. The van der Waals surface area contributed by atoms with Crippen LogP contribution in [0, 0.1) is 11.8 Å². The van der Waals surface area contributed by atoms with Gasteiger partial charge in [-0.15, -0.1) is 0 Å². The first-order valence-electron chi connectivity index (χ1n) is 34.7. The summed E-state index contributed by atoms with van der Waals surface area (Å²) in [5.41, 5.74) is -10.0. The fraction of sp³-hybridized carbons (Fsp3) is 0.654. The molecule has 0 N–H and O–H groups in total. The van der Waals surface area contributed by atoms with E-state index >= 15 is 0 Å². The van der Waals surface area contributed by atoms with Crippen molar-refractivity contribution in [2.75, 3.05) is 13.2 Å². The first kappa shape index (κ1) is 91.2. The van der Waals surface area contributed by atoms with Gasteiger partial charge in [0.15, 0.2) is 23.1 Å². The molecule has 4 aromatic rings. The van der Waals surface area contributed by atoms with Crippen LogP contribution in [0.2, 0.25) is 0 Å². The molecular weight excluding hydrogens is 1340 g/mol. The van der Waals surface area contributed by atoms with Crippen molar-refractivity contribution in [1.82, 2.24) is 0 Å². The van der Waals surface area contributed by atoms with E-state index in [1.165, 1.54) is 86.8 Å². The van der Waals surface area contributed by atoms with Crippen molar-refractivity contribution in [2.24, 2.45) is 11.8 Å². The first-order valence-corrected chi connectivity index (χ1v) is 34.7. The number of carbonyl (C=O) groups is 3. The Bertz CT molecular complexity index is 3100. The smallest absolute Gasteiger partial charge is 0.458 e. The molecule has 11 nitrogen and oxygen atoms in total. The highest BCUT2D eigenvalue weighted by atomic mass is 19.4. The number of benzene rings is 4. The van der Waals surface area contributed by atoms with Crippen molar-refractivity contribution in [1.29, 1.82) is 0 Å². The molecular formula is C78H112F12O11. The van der Waals surface area contributed by atoms with Crippen molar-refractivity contribution >= 4 is 18.1 Å². The summed E-state index contributed by atoms with van der Waals surface area (Å²) in [6.07, 6.45) is -10.7. The van der Waals surface area contributed by atoms with Crippen LogP contribution in [-0.4, -0.2) is 79.1 Å². The van der Waals surface area contributed by atoms with Crippen molar-refractivity contribution in [3.8, 4) is 5.75 Å². The molecule has 4 aromatic carbocycles. The second kappa shape index (κ2) is 37.7. The zero-order valence-corrected chi connectivity index (χ0v) is 63.2. The minimum atomic E-state index is -4.78. The number of carbonyl (C=O) groups excluding carboxylic acids is 3. The van der Waals surface area contributed by atoms with E-state index in [0.717, 1.165) is 82.9 Å². The summed E-state index contributed by atoms with van der Waals surface area (Å²) in [4.78, 5) is 35.4. The minimum Gasteiger partial charge on any atom is -0.458 e. The van der Waals surface area contributed by atoms with Gasteiger partial charge in [0.1, 0.15) is 23.6 Å². The van der Waals surface area contributed by atoms with Crippen molar-refractivity contribution in [3.05, 3.63) is 136 Å². The van der Waals surface area contributed by atoms with Crippen LogP contribution >= 0.6 is 0 Å². The molecule has 1 aliphatic rings. The average molecular weight is 1450 g/mol. The van der Waals surface area contributed by atoms with Crippen molar-refractivity contribution in [3.63, 3.8) is 0 Å². The molecule has 0 aliphatic heterocycles. The number of esters is 2. The van der Waals surface area contributed by atoms with E-state index in [9.17, 15) is 67.1 Å². The van der Waals surface area contributed by atoms with E-state index < -0.39 is 94.9 Å². The zero-order chi connectivity index (χ0) is 77.8. The Morgan fingerprint density at radius 3 is 1.13 bits per heavy atom. The molecule has 574 valence electrons. The Labute approximate surface area is 592 Å². The standard InChI is InChI=1S/C24H35F3O4.C19H27F3O3.C18H25F3O3.C17H25F3O/c1-5-17(2)22(28)30-21-13-11-20(12-14-21)23(4,24(25,26)27)31-18(3)29-16-15-19-9-7-6-8-10-19;1-7-13(2)14-8-10-15(11-9-14)18(6,19(20,21)22)24-12-16(23)25-17(3,4)5;1-7-12(2)13-8-10-14(11-9-13)17(6,18(19,20)21)24-15(22)23-16(3,4)5;1-7-12(2)13-8-10-14(11-9-13)16(6,17(18,19)20)21-15(3,4)5/h11-14,17-19H,5-10,15-16H2,1-4H3;8-11,13H,7,12H2,1-6H3;8-12H,7H2,1-6H3;8-12H,7H2,1-6H3. The lowest BCUT2D eigenvalue weighted by Gasteiger charge is -2.38. The number of rotatable bonds is 24. The third-order valence-electron chi connectivity index (χ3n) is 17.8. The largest absolute Gasteiger partial charge is 0.510 e. The van der Waals surface area contributed by atoms with E-state index in [-0.39, 0.29) is 45.8 Å². The highest BCUT2D eigenvalue weighted by Crippen LogP contribution is 2.48. The Kier molecular flexibility index (Phi) is 34.0. The van der Waals surface area contributed by atoms with Gasteiger partial charge in [0.2, 0.25) is 5.60 Å². The van der Waals surface area contributed by atoms with E-state index in [1.54, 1.807) is 106 Å². The normalized spacial score (nSPS) is 17.4. The second-order valence-electron chi connectivity index (χ2n) is 29.7. The maximum absolute atomic E-state index is 14.0. The molecule has 1 aliphatic carbocycles. The summed E-state index contributed by atoms with van der Waals surface area (Å²) in [5, 5.41) is 0. The van der Waals surface area contributed by atoms with Gasteiger partial charge in [-0.1, -0.05) is 172 Å². The Morgan fingerprint density at radius 1 is 0.426 bits per heavy atom. The van der Waals surface area contributed by atoms with Crippen LogP contribution in [0.3, 0.4) is 0 Å². The summed E-state index contributed by atoms with van der Waals surface area (Å²) >= 11 is 0. The third kappa shape index (κ3) is 28.2. The van der Waals surface area contributed by atoms with Gasteiger partial charge in [-0.3, -0.25) is 4.79 Å². The molecule has 0 bridgehead atoms. The lowest BCUT2D eigenvalue weighted by Crippen LogP contribution is -2.46. The Balaban J connectivity index is 0.000000462. The number of halogens is 12. The van der Waals surface area contributed by atoms with E-state index in [2.05, 4.69) is 13.8 Å². The molecule has 101 heavy (non-hydrogen) atoms. The molecule has 0 saturated heterocycles. The lowest BCUT2D eigenvalue weighted by atomic mass is 9.87. The molecule has 1 fully saturated rings. The quantitative estimate of drug-likeness (QED) is 0.0288. The molecule has 0 amide bonds. The Morgan fingerprint density at radius 2 is 0.782 bits per heavy atom. The van der Waals surface area contributed by atoms with Crippen molar-refractivity contribution < 1.29 is 105 Å². The summed E-state index contributed by atoms with van der Waals surface area (Å²) in [7, 11) is 0.